The molecule has 0 aliphatic heterocycles. The quantitative estimate of drug-likeness (QED) is 0.743. The molecule has 3 rings (SSSR count). The van der Waals surface area contributed by atoms with Crippen LogP contribution in [0, 0.1) is 11.7 Å². The van der Waals surface area contributed by atoms with Crippen LogP contribution in [0.4, 0.5) is 0 Å². The van der Waals surface area contributed by atoms with Crippen LogP contribution < -0.4 is 0 Å². The number of fused-ring (bicyclic) bond motifs is 1. The summed E-state index contributed by atoms with van der Waals surface area (Å²) >= 11 is 5.41. The SMILES string of the molecule is CCn1nc(C)c2[nH]c(=S)n(CCn3ccnc3)c21. The van der Waals surface area contributed by atoms with E-state index in [0.717, 1.165) is 41.3 Å². The zero-order chi connectivity index (χ0) is 13.4. The number of nitrogens with zero attached hydrogens (tertiary/aromatic N) is 5. The molecule has 6 nitrogen and oxygen atoms in total. The number of imidazole rings is 2. The zero-order valence-electron chi connectivity index (χ0n) is 11.0. The summed E-state index contributed by atoms with van der Waals surface area (Å²) in [6.07, 6.45) is 5.55. The van der Waals surface area contributed by atoms with Crippen molar-refractivity contribution in [2.24, 2.45) is 0 Å². The van der Waals surface area contributed by atoms with Crippen molar-refractivity contribution in [3.05, 3.63) is 29.2 Å². The lowest BCUT2D eigenvalue weighted by atomic mass is 10.4. The van der Waals surface area contributed by atoms with Crippen LogP contribution in [-0.4, -0.2) is 28.9 Å². The summed E-state index contributed by atoms with van der Waals surface area (Å²) in [7, 11) is 0. The van der Waals surface area contributed by atoms with E-state index in [1.165, 1.54) is 0 Å². The van der Waals surface area contributed by atoms with E-state index < -0.39 is 0 Å². The monoisotopic (exact) mass is 276 g/mol. The molecule has 0 aromatic carbocycles. The van der Waals surface area contributed by atoms with Crippen LogP contribution in [0.2, 0.25) is 0 Å². The minimum Gasteiger partial charge on any atom is -0.336 e. The first-order valence-corrected chi connectivity index (χ1v) is 6.73. The second-order valence-electron chi connectivity index (χ2n) is 4.48. The van der Waals surface area contributed by atoms with Crippen molar-refractivity contribution < 1.29 is 0 Å². The highest BCUT2D eigenvalue weighted by molar-refractivity contribution is 7.71. The first-order chi connectivity index (χ1) is 9.20. The van der Waals surface area contributed by atoms with Gasteiger partial charge in [0.05, 0.1) is 12.0 Å². The third kappa shape index (κ3) is 1.99. The Labute approximate surface area is 115 Å². The van der Waals surface area contributed by atoms with Gasteiger partial charge in [-0.15, -0.1) is 0 Å². The Bertz CT molecular complexity index is 745. The van der Waals surface area contributed by atoms with Gasteiger partial charge in [-0.25, -0.2) is 9.67 Å². The van der Waals surface area contributed by atoms with Gasteiger partial charge in [0.15, 0.2) is 10.4 Å². The Morgan fingerprint density at radius 1 is 1.37 bits per heavy atom. The van der Waals surface area contributed by atoms with Gasteiger partial charge in [-0.2, -0.15) is 5.10 Å². The van der Waals surface area contributed by atoms with E-state index in [1.807, 2.05) is 28.7 Å². The Balaban J connectivity index is 2.02. The molecular weight excluding hydrogens is 260 g/mol. The predicted octanol–water partition coefficient (Wildman–Crippen LogP) is 2.12. The van der Waals surface area contributed by atoms with Crippen molar-refractivity contribution in [2.45, 2.75) is 33.5 Å². The van der Waals surface area contributed by atoms with E-state index in [1.54, 1.807) is 6.20 Å². The Morgan fingerprint density at radius 2 is 2.21 bits per heavy atom. The summed E-state index contributed by atoms with van der Waals surface area (Å²) in [4.78, 5) is 7.30. The molecule has 3 heterocycles. The van der Waals surface area contributed by atoms with Crippen LogP contribution in [0.25, 0.3) is 11.2 Å². The van der Waals surface area contributed by atoms with E-state index in [9.17, 15) is 0 Å². The number of aromatic amines is 1. The molecule has 3 aromatic heterocycles. The summed E-state index contributed by atoms with van der Waals surface area (Å²) < 4.78 is 6.89. The predicted molar refractivity (Wildman–Crippen MR) is 75.5 cm³/mol. The number of H-pyrrole nitrogens is 1. The maximum atomic E-state index is 5.41. The van der Waals surface area contributed by atoms with Crippen LogP contribution in [-0.2, 0) is 19.6 Å². The van der Waals surface area contributed by atoms with Gasteiger partial charge in [0.25, 0.3) is 0 Å². The van der Waals surface area contributed by atoms with E-state index >= 15 is 0 Å². The Kier molecular flexibility index (Phi) is 2.98. The molecule has 0 bridgehead atoms. The van der Waals surface area contributed by atoms with Crippen LogP contribution in [0.1, 0.15) is 12.6 Å². The standard InChI is InChI=1S/C12H16N6S/c1-3-18-11-10(9(2)15-18)14-12(19)17(11)7-6-16-5-4-13-8-16/h4-5,8H,3,6-7H2,1-2H3,(H,14,19). The molecule has 0 saturated carbocycles. The van der Waals surface area contributed by atoms with Crippen molar-refractivity contribution in [1.29, 1.82) is 0 Å². The molecule has 0 unspecified atom stereocenters. The lowest BCUT2D eigenvalue weighted by Crippen LogP contribution is -2.09. The highest BCUT2D eigenvalue weighted by atomic mass is 32.1. The average molecular weight is 276 g/mol. The maximum Gasteiger partial charge on any atom is 0.179 e. The van der Waals surface area contributed by atoms with Gasteiger partial charge in [-0.05, 0) is 26.1 Å². The number of aryl methyl sites for hydroxylation is 4. The summed E-state index contributed by atoms with van der Waals surface area (Å²) in [5.41, 5.74) is 3.10. The minimum atomic E-state index is 0.748. The lowest BCUT2D eigenvalue weighted by molar-refractivity contribution is 0.563. The van der Waals surface area contributed by atoms with Gasteiger partial charge >= 0.3 is 0 Å². The van der Waals surface area contributed by atoms with E-state index in [4.69, 9.17) is 12.2 Å². The first-order valence-electron chi connectivity index (χ1n) is 6.32. The van der Waals surface area contributed by atoms with Gasteiger partial charge < -0.3 is 9.55 Å². The topological polar surface area (TPSA) is 56.4 Å². The minimum absolute atomic E-state index is 0.748. The summed E-state index contributed by atoms with van der Waals surface area (Å²) in [6.45, 7) is 6.57. The molecule has 3 aromatic rings. The van der Waals surface area contributed by atoms with Crippen molar-refractivity contribution >= 4 is 23.4 Å². The van der Waals surface area contributed by atoms with Crippen molar-refractivity contribution in [3.8, 4) is 0 Å². The van der Waals surface area contributed by atoms with Gasteiger partial charge in [-0.1, -0.05) is 0 Å². The summed E-state index contributed by atoms with van der Waals surface area (Å²) in [5, 5.41) is 4.51. The molecule has 0 amide bonds. The number of rotatable bonds is 4. The highest BCUT2D eigenvalue weighted by Gasteiger charge is 2.13. The van der Waals surface area contributed by atoms with Gasteiger partial charge in [0, 0.05) is 32.0 Å². The molecule has 0 spiro atoms. The number of hydrogen-bond donors (Lipinski definition) is 1. The van der Waals surface area contributed by atoms with E-state index in [2.05, 4.69) is 26.6 Å². The van der Waals surface area contributed by atoms with Gasteiger partial charge in [0.1, 0.15) is 5.52 Å². The molecule has 7 heteroatoms. The summed E-state index contributed by atoms with van der Waals surface area (Å²) in [5.74, 6) is 0. The van der Waals surface area contributed by atoms with Crippen LogP contribution >= 0.6 is 12.2 Å². The van der Waals surface area contributed by atoms with E-state index in [-0.39, 0.29) is 0 Å². The fourth-order valence-electron chi connectivity index (χ4n) is 2.32. The molecule has 0 aliphatic rings. The molecule has 0 aliphatic carbocycles. The smallest absolute Gasteiger partial charge is 0.179 e. The molecule has 0 saturated heterocycles. The molecule has 100 valence electrons. The highest BCUT2D eigenvalue weighted by Crippen LogP contribution is 2.18. The van der Waals surface area contributed by atoms with Crippen LogP contribution in [0.15, 0.2) is 18.7 Å². The maximum absolute atomic E-state index is 5.41. The van der Waals surface area contributed by atoms with Crippen LogP contribution in [0.5, 0.6) is 0 Å². The van der Waals surface area contributed by atoms with Crippen molar-refractivity contribution in [1.82, 2.24) is 28.9 Å². The second-order valence-corrected chi connectivity index (χ2v) is 4.87. The van der Waals surface area contributed by atoms with Crippen molar-refractivity contribution in [3.63, 3.8) is 0 Å². The molecular formula is C12H16N6S. The normalized spacial score (nSPS) is 11.5. The molecule has 0 atom stereocenters. The van der Waals surface area contributed by atoms with Gasteiger partial charge in [-0.3, -0.25) is 4.57 Å². The number of nitrogens with one attached hydrogen (secondary N) is 1. The van der Waals surface area contributed by atoms with Crippen LogP contribution in [0.3, 0.4) is 0 Å². The number of aromatic nitrogens is 6. The summed E-state index contributed by atoms with van der Waals surface area (Å²) in [6, 6.07) is 0. The average Bonchev–Trinajstić information content (AvgIpc) is 3.06. The molecule has 19 heavy (non-hydrogen) atoms. The molecule has 0 fully saturated rings. The second kappa shape index (κ2) is 4.65. The van der Waals surface area contributed by atoms with E-state index in [0.29, 0.717) is 0 Å². The third-order valence-corrected chi connectivity index (χ3v) is 3.60. The van der Waals surface area contributed by atoms with Gasteiger partial charge in [0.2, 0.25) is 0 Å². The fourth-order valence-corrected chi connectivity index (χ4v) is 2.60. The first kappa shape index (κ1) is 12.2. The van der Waals surface area contributed by atoms with Crippen molar-refractivity contribution in [2.75, 3.05) is 0 Å². The zero-order valence-corrected chi connectivity index (χ0v) is 11.8. The largest absolute Gasteiger partial charge is 0.336 e. The third-order valence-electron chi connectivity index (χ3n) is 3.27. The number of hydrogen-bond acceptors (Lipinski definition) is 3. The lowest BCUT2D eigenvalue weighted by Gasteiger charge is -2.06. The fraction of sp³-hybridized carbons (Fsp3) is 0.417. The Morgan fingerprint density at radius 3 is 2.89 bits per heavy atom. The molecule has 1 N–H and O–H groups in total. The molecule has 0 radical (unpaired) electrons. The Hall–Kier alpha value is -1.89.